The average molecular weight is 361 g/mol. The normalized spacial score (nSPS) is 12.3. The van der Waals surface area contributed by atoms with Gasteiger partial charge in [-0.2, -0.15) is 4.57 Å². The molecule has 2 aromatic carbocycles. The van der Waals surface area contributed by atoms with Gasteiger partial charge in [0.2, 0.25) is 18.2 Å². The fourth-order valence-corrected chi connectivity index (χ4v) is 4.10. The molecule has 0 atom stereocenters. The van der Waals surface area contributed by atoms with Crippen LogP contribution in [0.5, 0.6) is 0 Å². The van der Waals surface area contributed by atoms with E-state index in [0.717, 1.165) is 21.2 Å². The van der Waals surface area contributed by atoms with E-state index in [0.29, 0.717) is 5.56 Å². The number of Topliss-reactive ketones (excluding diaryl/α,β-unsaturated/α-hetero) is 1. The first-order chi connectivity index (χ1) is 12.6. The minimum absolute atomic E-state index is 0.0105. The number of nitrogens with zero attached hydrogens (tertiary/aromatic N) is 2. The first kappa shape index (κ1) is 16.5. The van der Waals surface area contributed by atoms with Gasteiger partial charge >= 0.3 is 0 Å². The van der Waals surface area contributed by atoms with E-state index in [1.54, 1.807) is 23.6 Å². The van der Waals surface area contributed by atoms with Gasteiger partial charge in [-0.3, -0.25) is 14.5 Å². The van der Waals surface area contributed by atoms with E-state index in [2.05, 4.69) is 0 Å². The van der Waals surface area contributed by atoms with Crippen molar-refractivity contribution in [3.05, 3.63) is 78.6 Å². The van der Waals surface area contributed by atoms with E-state index in [1.165, 1.54) is 0 Å². The van der Waals surface area contributed by atoms with E-state index in [9.17, 15) is 9.59 Å². The van der Waals surface area contributed by atoms with Crippen LogP contribution in [0.15, 0.2) is 82.8 Å². The summed E-state index contributed by atoms with van der Waals surface area (Å²) in [5.74, 6) is -0.0580. The van der Waals surface area contributed by atoms with Crippen LogP contribution in [0.2, 0.25) is 0 Å². The molecule has 0 bridgehead atoms. The van der Waals surface area contributed by atoms with Crippen molar-refractivity contribution in [3.63, 3.8) is 0 Å². The topological polar surface area (TPSA) is 41.3 Å². The fraction of sp³-hybridized carbons (Fsp3) is 0.0952. The molecule has 0 fully saturated rings. The molecule has 1 aliphatic rings. The Morgan fingerprint density at radius 2 is 1.65 bits per heavy atom. The molecular formula is C21H17N2O2S+. The number of hydrogen-bond acceptors (Lipinski definition) is 3. The number of anilines is 2. The van der Waals surface area contributed by atoms with Crippen molar-refractivity contribution in [1.29, 1.82) is 0 Å². The zero-order chi connectivity index (χ0) is 18.1. The monoisotopic (exact) mass is 361 g/mol. The van der Waals surface area contributed by atoms with E-state index in [-0.39, 0.29) is 18.2 Å². The molecular weight excluding hydrogens is 344 g/mol. The second-order valence-corrected chi connectivity index (χ2v) is 7.16. The Bertz CT molecular complexity index is 1000. The molecule has 1 aliphatic heterocycles. The van der Waals surface area contributed by atoms with Gasteiger partial charge in [0.1, 0.15) is 0 Å². The third-order valence-electron chi connectivity index (χ3n) is 4.27. The van der Waals surface area contributed by atoms with Gasteiger partial charge in [-0.05, 0) is 30.3 Å². The Labute approximate surface area is 156 Å². The molecule has 0 aliphatic carbocycles. The highest BCUT2D eigenvalue weighted by molar-refractivity contribution is 7.99. The second kappa shape index (κ2) is 6.77. The number of ketones is 1. The lowest BCUT2D eigenvalue weighted by molar-refractivity contribution is -0.683. The number of hydrogen-bond donors (Lipinski definition) is 0. The van der Waals surface area contributed by atoms with Crippen LogP contribution in [0.4, 0.5) is 11.4 Å². The Morgan fingerprint density at radius 3 is 2.42 bits per heavy atom. The van der Waals surface area contributed by atoms with Crippen LogP contribution in [0.3, 0.4) is 0 Å². The first-order valence-corrected chi connectivity index (χ1v) is 9.14. The van der Waals surface area contributed by atoms with Gasteiger partial charge in [0.05, 0.1) is 11.4 Å². The van der Waals surface area contributed by atoms with Crippen molar-refractivity contribution in [3.8, 4) is 0 Å². The summed E-state index contributed by atoms with van der Waals surface area (Å²) in [6.45, 7) is 1.81. The minimum Gasteiger partial charge on any atom is -0.287 e. The number of para-hydroxylation sites is 1. The molecule has 0 radical (unpaired) electrons. The first-order valence-electron chi connectivity index (χ1n) is 8.32. The highest BCUT2D eigenvalue weighted by Gasteiger charge is 2.27. The average Bonchev–Trinajstić information content (AvgIpc) is 2.66. The Kier molecular flexibility index (Phi) is 4.31. The zero-order valence-corrected chi connectivity index (χ0v) is 15.1. The van der Waals surface area contributed by atoms with Gasteiger partial charge in [-0.15, -0.1) is 0 Å². The summed E-state index contributed by atoms with van der Waals surface area (Å²) >= 11 is 1.62. The largest absolute Gasteiger partial charge is 0.287 e. The van der Waals surface area contributed by atoms with Gasteiger partial charge in [-0.1, -0.05) is 30.0 Å². The van der Waals surface area contributed by atoms with Crippen LogP contribution in [-0.4, -0.2) is 11.7 Å². The fourth-order valence-electron chi connectivity index (χ4n) is 3.06. The molecule has 5 heteroatoms. The van der Waals surface area contributed by atoms with Crippen LogP contribution >= 0.6 is 11.8 Å². The summed E-state index contributed by atoms with van der Waals surface area (Å²) in [6, 6.07) is 19.1. The molecule has 1 amide bonds. The maximum atomic E-state index is 12.7. The Morgan fingerprint density at radius 1 is 0.923 bits per heavy atom. The molecule has 26 heavy (non-hydrogen) atoms. The predicted molar refractivity (Wildman–Crippen MR) is 101 cm³/mol. The Balaban J connectivity index is 1.71. The minimum atomic E-state index is -0.0685. The van der Waals surface area contributed by atoms with Crippen molar-refractivity contribution < 1.29 is 14.2 Å². The van der Waals surface area contributed by atoms with Crippen LogP contribution in [0.25, 0.3) is 0 Å². The number of carbonyl (C=O) groups is 2. The third kappa shape index (κ3) is 3.02. The van der Waals surface area contributed by atoms with E-state index >= 15 is 0 Å². The SMILES string of the molecule is CC(=O)N1c2ccccc2Sc2ccc(C(=O)C[n+]3ccccc3)cc21. The number of aromatic nitrogens is 1. The van der Waals surface area contributed by atoms with E-state index < -0.39 is 0 Å². The zero-order valence-electron chi connectivity index (χ0n) is 14.3. The van der Waals surface area contributed by atoms with Crippen molar-refractivity contribution in [2.45, 2.75) is 23.3 Å². The van der Waals surface area contributed by atoms with Gasteiger partial charge in [-0.25, -0.2) is 0 Å². The third-order valence-corrected chi connectivity index (χ3v) is 5.40. The Hall–Kier alpha value is -2.92. The number of fused-ring (bicyclic) bond motifs is 2. The summed E-state index contributed by atoms with van der Waals surface area (Å²) in [5.41, 5.74) is 2.23. The molecule has 0 saturated carbocycles. The standard InChI is InChI=1S/C21H17N2O2S/c1-15(24)23-17-7-3-4-8-20(17)26-21-10-9-16(13-18(21)23)19(25)14-22-11-5-2-6-12-22/h2-13H,14H2,1H3/q+1. The second-order valence-electron chi connectivity index (χ2n) is 6.08. The van der Waals surface area contributed by atoms with Gasteiger partial charge in [0.25, 0.3) is 0 Å². The lowest BCUT2D eigenvalue weighted by Gasteiger charge is -2.30. The van der Waals surface area contributed by atoms with Crippen molar-refractivity contribution in [2.24, 2.45) is 0 Å². The maximum absolute atomic E-state index is 12.7. The molecule has 0 spiro atoms. The molecule has 128 valence electrons. The molecule has 2 heterocycles. The molecule has 4 rings (SSSR count). The maximum Gasteiger partial charge on any atom is 0.228 e. The van der Waals surface area contributed by atoms with Crippen LogP contribution in [0.1, 0.15) is 17.3 Å². The summed E-state index contributed by atoms with van der Waals surface area (Å²) < 4.78 is 1.84. The summed E-state index contributed by atoms with van der Waals surface area (Å²) in [6.07, 6.45) is 3.73. The summed E-state index contributed by atoms with van der Waals surface area (Å²) in [5, 5.41) is 0. The lowest BCUT2D eigenvalue weighted by atomic mass is 10.1. The van der Waals surface area contributed by atoms with E-state index in [4.69, 9.17) is 0 Å². The van der Waals surface area contributed by atoms with E-state index in [1.807, 2.05) is 77.6 Å². The number of amides is 1. The van der Waals surface area contributed by atoms with Crippen LogP contribution < -0.4 is 9.47 Å². The van der Waals surface area contributed by atoms with Crippen LogP contribution in [-0.2, 0) is 11.3 Å². The summed E-state index contributed by atoms with van der Waals surface area (Å²) in [7, 11) is 0. The van der Waals surface area contributed by atoms with Crippen molar-refractivity contribution >= 4 is 34.8 Å². The molecule has 0 N–H and O–H groups in total. The lowest BCUT2D eigenvalue weighted by Crippen LogP contribution is -2.37. The molecule has 4 nitrogen and oxygen atoms in total. The number of pyridine rings is 1. The molecule has 0 saturated heterocycles. The molecule has 3 aromatic rings. The quantitative estimate of drug-likeness (QED) is 0.523. The van der Waals surface area contributed by atoms with Crippen molar-refractivity contribution in [1.82, 2.24) is 0 Å². The number of rotatable bonds is 3. The highest BCUT2D eigenvalue weighted by atomic mass is 32.2. The van der Waals surface area contributed by atoms with Gasteiger partial charge < -0.3 is 0 Å². The smallest absolute Gasteiger partial charge is 0.228 e. The van der Waals surface area contributed by atoms with Crippen LogP contribution in [0, 0.1) is 0 Å². The molecule has 0 unspecified atom stereocenters. The highest BCUT2D eigenvalue weighted by Crippen LogP contribution is 2.48. The summed E-state index contributed by atoms with van der Waals surface area (Å²) in [4.78, 5) is 28.7. The van der Waals surface area contributed by atoms with Gasteiger partial charge in [0.15, 0.2) is 12.4 Å². The van der Waals surface area contributed by atoms with Gasteiger partial charge in [0, 0.05) is 34.4 Å². The number of carbonyl (C=O) groups excluding carboxylic acids is 2. The predicted octanol–water partition coefficient (Wildman–Crippen LogP) is 4.01. The molecule has 1 aromatic heterocycles. The van der Waals surface area contributed by atoms with Crippen molar-refractivity contribution in [2.75, 3.05) is 4.90 Å². The number of benzene rings is 2.